The maximum absolute atomic E-state index is 4.73. The van der Waals surface area contributed by atoms with Crippen molar-refractivity contribution in [1.82, 2.24) is 15.3 Å². The number of pyridine rings is 1. The fraction of sp³-hybridized carbons (Fsp3) is 0.500. The molecular formula is C16H24N4S. The second kappa shape index (κ2) is 8.10. The smallest absolute Gasteiger partial charge is 0.129 e. The van der Waals surface area contributed by atoms with Gasteiger partial charge in [-0.05, 0) is 37.1 Å². The highest BCUT2D eigenvalue weighted by molar-refractivity contribution is 7.07. The highest BCUT2D eigenvalue weighted by Gasteiger charge is 2.08. The standard InChI is InChI=1S/C16H24N4S/c1-4-6-17-9-13-7-14(5-2)19-16(8-13)20(3)10-15-11-21-12-18-15/h7-8,11-12,17H,4-6,9-10H2,1-3H3. The molecule has 21 heavy (non-hydrogen) atoms. The number of anilines is 1. The minimum atomic E-state index is 0.797. The van der Waals surface area contributed by atoms with E-state index in [4.69, 9.17) is 4.98 Å². The van der Waals surface area contributed by atoms with Crippen LogP contribution in [-0.4, -0.2) is 23.6 Å². The predicted octanol–water partition coefficient (Wildman–Crippen LogP) is 3.24. The first kappa shape index (κ1) is 15.9. The lowest BCUT2D eigenvalue weighted by molar-refractivity contribution is 0.673. The summed E-state index contributed by atoms with van der Waals surface area (Å²) in [6.07, 6.45) is 2.11. The molecule has 2 aromatic rings. The average Bonchev–Trinajstić information content (AvgIpc) is 3.00. The molecule has 4 nitrogen and oxygen atoms in total. The highest BCUT2D eigenvalue weighted by atomic mass is 32.1. The van der Waals surface area contributed by atoms with Crippen LogP contribution in [-0.2, 0) is 19.5 Å². The molecule has 5 heteroatoms. The third-order valence-electron chi connectivity index (χ3n) is 3.32. The van der Waals surface area contributed by atoms with Crippen LogP contribution in [0.2, 0.25) is 0 Å². The van der Waals surface area contributed by atoms with Crippen molar-refractivity contribution in [2.75, 3.05) is 18.5 Å². The SMILES string of the molecule is CCCNCc1cc(CC)nc(N(C)Cc2cscn2)c1. The maximum Gasteiger partial charge on any atom is 0.129 e. The first-order valence-corrected chi connectivity index (χ1v) is 8.46. The van der Waals surface area contributed by atoms with Gasteiger partial charge in [0.1, 0.15) is 5.82 Å². The third kappa shape index (κ3) is 4.79. The lowest BCUT2D eigenvalue weighted by Gasteiger charge is -2.19. The summed E-state index contributed by atoms with van der Waals surface area (Å²) in [7, 11) is 2.07. The Hall–Kier alpha value is -1.46. The van der Waals surface area contributed by atoms with Gasteiger partial charge in [0.25, 0.3) is 0 Å². The molecule has 1 N–H and O–H groups in total. The van der Waals surface area contributed by atoms with E-state index in [9.17, 15) is 0 Å². The second-order valence-corrected chi connectivity index (χ2v) is 5.91. The van der Waals surface area contributed by atoms with Gasteiger partial charge in [-0.15, -0.1) is 11.3 Å². The fourth-order valence-electron chi connectivity index (χ4n) is 2.16. The van der Waals surface area contributed by atoms with Crippen LogP contribution in [0.4, 0.5) is 5.82 Å². The molecule has 2 aromatic heterocycles. The number of nitrogens with one attached hydrogen (secondary N) is 1. The highest BCUT2D eigenvalue weighted by Crippen LogP contribution is 2.17. The molecule has 0 aliphatic heterocycles. The van der Waals surface area contributed by atoms with Crippen molar-refractivity contribution in [3.8, 4) is 0 Å². The van der Waals surface area contributed by atoms with Crippen LogP contribution in [0.25, 0.3) is 0 Å². The second-order valence-electron chi connectivity index (χ2n) is 5.19. The molecule has 0 fully saturated rings. The van der Waals surface area contributed by atoms with Gasteiger partial charge in [-0.2, -0.15) is 0 Å². The number of hydrogen-bond acceptors (Lipinski definition) is 5. The number of nitrogens with zero attached hydrogens (tertiary/aromatic N) is 3. The zero-order valence-electron chi connectivity index (χ0n) is 13.1. The Morgan fingerprint density at radius 1 is 1.24 bits per heavy atom. The van der Waals surface area contributed by atoms with E-state index in [0.29, 0.717) is 0 Å². The molecule has 2 rings (SSSR count). The number of rotatable bonds is 8. The van der Waals surface area contributed by atoms with Gasteiger partial charge in [-0.25, -0.2) is 9.97 Å². The largest absolute Gasteiger partial charge is 0.354 e. The van der Waals surface area contributed by atoms with Gasteiger partial charge >= 0.3 is 0 Å². The Bertz CT molecular complexity index is 539. The van der Waals surface area contributed by atoms with Crippen LogP contribution in [0.15, 0.2) is 23.0 Å². The normalized spacial score (nSPS) is 10.8. The van der Waals surface area contributed by atoms with E-state index in [1.54, 1.807) is 11.3 Å². The lowest BCUT2D eigenvalue weighted by atomic mass is 10.2. The monoisotopic (exact) mass is 304 g/mol. The van der Waals surface area contributed by atoms with Crippen molar-refractivity contribution >= 4 is 17.2 Å². The topological polar surface area (TPSA) is 41.1 Å². The number of aromatic nitrogens is 2. The van der Waals surface area contributed by atoms with Crippen LogP contribution in [0.3, 0.4) is 0 Å². The Morgan fingerprint density at radius 2 is 2.10 bits per heavy atom. The molecule has 0 unspecified atom stereocenters. The molecule has 0 spiro atoms. The number of hydrogen-bond donors (Lipinski definition) is 1. The molecule has 2 heterocycles. The zero-order valence-corrected chi connectivity index (χ0v) is 13.9. The van der Waals surface area contributed by atoms with Crippen LogP contribution in [0, 0.1) is 0 Å². The fourth-order valence-corrected chi connectivity index (χ4v) is 2.71. The van der Waals surface area contributed by atoms with Gasteiger partial charge in [-0.3, -0.25) is 0 Å². The Balaban J connectivity index is 2.11. The summed E-state index contributed by atoms with van der Waals surface area (Å²) in [4.78, 5) is 11.2. The molecule has 0 atom stereocenters. The molecule has 0 bridgehead atoms. The van der Waals surface area contributed by atoms with Crippen molar-refractivity contribution in [3.05, 3.63) is 40.0 Å². The van der Waals surface area contributed by atoms with Gasteiger partial charge in [0, 0.05) is 24.7 Å². The van der Waals surface area contributed by atoms with Crippen molar-refractivity contribution in [2.45, 2.75) is 39.8 Å². The van der Waals surface area contributed by atoms with E-state index >= 15 is 0 Å². The molecular weight excluding hydrogens is 280 g/mol. The van der Waals surface area contributed by atoms with Gasteiger partial charge in [0.15, 0.2) is 0 Å². The van der Waals surface area contributed by atoms with Crippen LogP contribution >= 0.6 is 11.3 Å². The molecule has 0 saturated carbocycles. The van der Waals surface area contributed by atoms with Crippen molar-refractivity contribution < 1.29 is 0 Å². The minimum Gasteiger partial charge on any atom is -0.354 e. The average molecular weight is 304 g/mol. The van der Waals surface area contributed by atoms with E-state index < -0.39 is 0 Å². The van der Waals surface area contributed by atoms with E-state index in [1.807, 2.05) is 5.51 Å². The molecule has 0 radical (unpaired) electrons. The Morgan fingerprint density at radius 3 is 2.76 bits per heavy atom. The van der Waals surface area contributed by atoms with Crippen LogP contribution < -0.4 is 10.2 Å². The minimum absolute atomic E-state index is 0.797. The summed E-state index contributed by atoms with van der Waals surface area (Å²) in [6, 6.07) is 4.37. The summed E-state index contributed by atoms with van der Waals surface area (Å²) in [5.41, 5.74) is 5.41. The first-order valence-electron chi connectivity index (χ1n) is 7.51. The molecule has 0 saturated heterocycles. The zero-order chi connectivity index (χ0) is 15.1. The third-order valence-corrected chi connectivity index (χ3v) is 3.95. The number of thiazole rings is 1. The molecule has 0 amide bonds. The predicted molar refractivity (Wildman–Crippen MR) is 89.8 cm³/mol. The van der Waals surface area contributed by atoms with E-state index in [-0.39, 0.29) is 0 Å². The van der Waals surface area contributed by atoms with Crippen LogP contribution in [0.5, 0.6) is 0 Å². The van der Waals surface area contributed by atoms with Crippen LogP contribution in [0.1, 0.15) is 37.2 Å². The van der Waals surface area contributed by atoms with E-state index in [0.717, 1.165) is 49.7 Å². The summed E-state index contributed by atoms with van der Waals surface area (Å²) < 4.78 is 0. The maximum atomic E-state index is 4.73. The molecule has 0 aliphatic carbocycles. The van der Waals surface area contributed by atoms with E-state index in [1.165, 1.54) is 5.56 Å². The number of aryl methyl sites for hydroxylation is 1. The lowest BCUT2D eigenvalue weighted by Crippen LogP contribution is -2.20. The molecule has 0 aliphatic rings. The van der Waals surface area contributed by atoms with Crippen molar-refractivity contribution in [3.63, 3.8) is 0 Å². The molecule has 0 aromatic carbocycles. The summed E-state index contributed by atoms with van der Waals surface area (Å²) in [6.45, 7) is 7.08. The quantitative estimate of drug-likeness (QED) is 0.760. The van der Waals surface area contributed by atoms with E-state index in [2.05, 4.69) is 53.6 Å². The first-order chi connectivity index (χ1) is 10.2. The van der Waals surface area contributed by atoms with Gasteiger partial charge in [0.05, 0.1) is 17.7 Å². The molecule has 114 valence electrons. The summed E-state index contributed by atoms with van der Waals surface area (Å²) in [5, 5.41) is 5.54. The van der Waals surface area contributed by atoms with Crippen molar-refractivity contribution in [2.24, 2.45) is 0 Å². The van der Waals surface area contributed by atoms with Gasteiger partial charge in [-0.1, -0.05) is 13.8 Å². The van der Waals surface area contributed by atoms with Gasteiger partial charge < -0.3 is 10.2 Å². The summed E-state index contributed by atoms with van der Waals surface area (Å²) >= 11 is 1.63. The Kier molecular flexibility index (Phi) is 6.14. The summed E-state index contributed by atoms with van der Waals surface area (Å²) in [5.74, 6) is 1.02. The van der Waals surface area contributed by atoms with Crippen molar-refractivity contribution in [1.29, 1.82) is 0 Å². The Labute approximate surface area is 131 Å². The van der Waals surface area contributed by atoms with Gasteiger partial charge in [0.2, 0.25) is 0 Å².